The zero-order chi connectivity index (χ0) is 23.3. The number of nitrogens with zero attached hydrogens (tertiary/aromatic N) is 2. The molecule has 1 heterocycles. The Morgan fingerprint density at radius 3 is 2.44 bits per heavy atom. The van der Waals surface area contributed by atoms with Crippen LogP contribution in [0.5, 0.6) is 5.75 Å². The number of hydrogen-bond donors (Lipinski definition) is 2. The zero-order valence-corrected chi connectivity index (χ0v) is 19.0. The molecule has 1 aromatic heterocycles. The summed E-state index contributed by atoms with van der Waals surface area (Å²) in [6.45, 7) is 8.07. The van der Waals surface area contributed by atoms with Crippen LogP contribution in [0.3, 0.4) is 0 Å². The molecule has 32 heavy (non-hydrogen) atoms. The number of amides is 2. The first-order chi connectivity index (χ1) is 15.3. The molecule has 0 aliphatic rings. The number of carbonyl (C=O) groups is 2. The molecule has 2 amide bonds. The first-order valence-electron chi connectivity index (χ1n) is 10.3. The molecule has 3 aromatic rings. The normalized spacial score (nSPS) is 10.9. The van der Waals surface area contributed by atoms with E-state index in [0.717, 1.165) is 17.0 Å². The fourth-order valence-electron chi connectivity index (χ4n) is 3.39. The van der Waals surface area contributed by atoms with Crippen LogP contribution in [-0.4, -0.2) is 28.7 Å². The number of methoxy groups -OCH3 is 1. The van der Waals surface area contributed by atoms with Gasteiger partial charge in [0.25, 0.3) is 0 Å². The van der Waals surface area contributed by atoms with Gasteiger partial charge in [-0.2, -0.15) is 5.10 Å². The standard InChI is InChI=1S/C25H28N4O3/c1-16-6-8-20(9-7-16)15-29-18(3)22(17(2)28-29)11-13-25(31)27-23-14-21(26-19(4)30)10-12-24(23)32-5/h6-14H,15H2,1-5H3,(H,26,30)(H,27,31)/b13-11+. The fraction of sp³-hybridized carbons (Fsp3) is 0.240. The molecule has 7 heteroatoms. The predicted octanol–water partition coefficient (Wildman–Crippen LogP) is 4.48. The molecule has 0 spiro atoms. The molecule has 3 rings (SSSR count). The second-order valence-corrected chi connectivity index (χ2v) is 7.65. The predicted molar refractivity (Wildman–Crippen MR) is 127 cm³/mol. The molecular weight excluding hydrogens is 404 g/mol. The second kappa shape index (κ2) is 9.96. The van der Waals surface area contributed by atoms with Crippen LogP contribution >= 0.6 is 0 Å². The molecular formula is C25H28N4O3. The van der Waals surface area contributed by atoms with Gasteiger partial charge in [-0.05, 0) is 50.6 Å². The summed E-state index contributed by atoms with van der Waals surface area (Å²) in [4.78, 5) is 23.9. The Morgan fingerprint density at radius 2 is 1.78 bits per heavy atom. The molecule has 0 bridgehead atoms. The molecule has 2 aromatic carbocycles. The lowest BCUT2D eigenvalue weighted by Crippen LogP contribution is -2.11. The Kier molecular flexibility index (Phi) is 7.10. The lowest BCUT2D eigenvalue weighted by atomic mass is 10.1. The first-order valence-corrected chi connectivity index (χ1v) is 10.3. The highest BCUT2D eigenvalue weighted by Gasteiger charge is 2.11. The van der Waals surface area contributed by atoms with E-state index in [4.69, 9.17) is 4.74 Å². The molecule has 0 unspecified atom stereocenters. The number of hydrogen-bond acceptors (Lipinski definition) is 4. The summed E-state index contributed by atoms with van der Waals surface area (Å²) in [5.41, 5.74) is 6.17. The Labute approximate surface area is 188 Å². The Bertz CT molecular complexity index is 1160. The number of benzene rings is 2. The van der Waals surface area contributed by atoms with E-state index in [2.05, 4.69) is 46.9 Å². The van der Waals surface area contributed by atoms with Gasteiger partial charge in [-0.1, -0.05) is 29.8 Å². The van der Waals surface area contributed by atoms with Crippen LogP contribution in [0.1, 0.15) is 35.0 Å². The van der Waals surface area contributed by atoms with Crippen molar-refractivity contribution in [1.82, 2.24) is 9.78 Å². The molecule has 166 valence electrons. The molecule has 0 atom stereocenters. The summed E-state index contributed by atoms with van der Waals surface area (Å²) in [7, 11) is 1.52. The highest BCUT2D eigenvalue weighted by Crippen LogP contribution is 2.28. The van der Waals surface area contributed by atoms with Crippen LogP contribution in [0.2, 0.25) is 0 Å². The zero-order valence-electron chi connectivity index (χ0n) is 19.0. The van der Waals surface area contributed by atoms with Crippen LogP contribution in [0.4, 0.5) is 11.4 Å². The maximum atomic E-state index is 12.6. The third-order valence-corrected chi connectivity index (χ3v) is 5.07. The minimum atomic E-state index is -0.312. The minimum Gasteiger partial charge on any atom is -0.495 e. The van der Waals surface area contributed by atoms with Crippen LogP contribution in [0.15, 0.2) is 48.5 Å². The molecule has 0 fully saturated rings. The SMILES string of the molecule is COc1ccc(NC(C)=O)cc1NC(=O)/C=C/c1c(C)nn(Cc2ccc(C)cc2)c1C. The lowest BCUT2D eigenvalue weighted by molar-refractivity contribution is -0.114. The summed E-state index contributed by atoms with van der Waals surface area (Å²) in [5, 5.41) is 10.1. The van der Waals surface area contributed by atoms with Gasteiger partial charge in [0.1, 0.15) is 5.75 Å². The van der Waals surface area contributed by atoms with Gasteiger partial charge in [0.05, 0.1) is 25.0 Å². The van der Waals surface area contributed by atoms with Crippen molar-refractivity contribution in [3.63, 3.8) is 0 Å². The van der Waals surface area contributed by atoms with Crippen molar-refractivity contribution in [2.75, 3.05) is 17.7 Å². The van der Waals surface area contributed by atoms with Crippen molar-refractivity contribution in [3.8, 4) is 5.75 Å². The summed E-state index contributed by atoms with van der Waals surface area (Å²) in [6, 6.07) is 13.4. The van der Waals surface area contributed by atoms with Crippen molar-refractivity contribution in [3.05, 3.63) is 76.6 Å². The van der Waals surface area contributed by atoms with Crippen LogP contribution in [-0.2, 0) is 16.1 Å². The van der Waals surface area contributed by atoms with E-state index in [-0.39, 0.29) is 11.8 Å². The molecule has 0 aliphatic carbocycles. The molecule has 0 radical (unpaired) electrons. The molecule has 0 aliphatic heterocycles. The maximum Gasteiger partial charge on any atom is 0.248 e. The van der Waals surface area contributed by atoms with Crippen molar-refractivity contribution in [2.24, 2.45) is 0 Å². The monoisotopic (exact) mass is 432 g/mol. The van der Waals surface area contributed by atoms with E-state index >= 15 is 0 Å². The van der Waals surface area contributed by atoms with Gasteiger partial charge >= 0.3 is 0 Å². The van der Waals surface area contributed by atoms with Gasteiger partial charge in [-0.3, -0.25) is 14.3 Å². The van der Waals surface area contributed by atoms with Crippen LogP contribution < -0.4 is 15.4 Å². The molecule has 0 saturated heterocycles. The first kappa shape index (κ1) is 22.8. The Balaban J connectivity index is 1.75. The molecule has 7 nitrogen and oxygen atoms in total. The van der Waals surface area contributed by atoms with Crippen LogP contribution in [0.25, 0.3) is 6.08 Å². The number of anilines is 2. The fourth-order valence-corrected chi connectivity index (χ4v) is 3.39. The van der Waals surface area contributed by atoms with Gasteiger partial charge in [-0.15, -0.1) is 0 Å². The Morgan fingerprint density at radius 1 is 1.06 bits per heavy atom. The minimum absolute atomic E-state index is 0.194. The van der Waals surface area contributed by atoms with E-state index in [0.29, 0.717) is 23.7 Å². The summed E-state index contributed by atoms with van der Waals surface area (Å²) in [6.07, 6.45) is 3.24. The smallest absolute Gasteiger partial charge is 0.248 e. The van der Waals surface area contributed by atoms with Gasteiger partial charge < -0.3 is 15.4 Å². The van der Waals surface area contributed by atoms with Gasteiger partial charge in [0.2, 0.25) is 11.8 Å². The van der Waals surface area contributed by atoms with Gasteiger partial charge in [-0.25, -0.2) is 0 Å². The van der Waals surface area contributed by atoms with Gasteiger partial charge in [0, 0.05) is 29.9 Å². The van der Waals surface area contributed by atoms with Gasteiger partial charge in [0.15, 0.2) is 0 Å². The molecule has 2 N–H and O–H groups in total. The average Bonchev–Trinajstić information content (AvgIpc) is 3.00. The average molecular weight is 433 g/mol. The van der Waals surface area contributed by atoms with E-state index in [9.17, 15) is 9.59 Å². The third-order valence-electron chi connectivity index (χ3n) is 5.07. The summed E-state index contributed by atoms with van der Waals surface area (Å²) < 4.78 is 7.25. The maximum absolute atomic E-state index is 12.6. The second-order valence-electron chi connectivity index (χ2n) is 7.65. The topological polar surface area (TPSA) is 85.2 Å². The largest absolute Gasteiger partial charge is 0.495 e. The van der Waals surface area contributed by atoms with Crippen molar-refractivity contribution < 1.29 is 14.3 Å². The molecule has 0 saturated carbocycles. The van der Waals surface area contributed by atoms with E-state index < -0.39 is 0 Å². The number of rotatable bonds is 7. The number of nitrogens with one attached hydrogen (secondary N) is 2. The number of aromatic nitrogens is 2. The highest BCUT2D eigenvalue weighted by atomic mass is 16.5. The van der Waals surface area contributed by atoms with Crippen LogP contribution in [0, 0.1) is 20.8 Å². The van der Waals surface area contributed by atoms with Crippen molar-refractivity contribution >= 4 is 29.3 Å². The number of aryl methyl sites for hydroxylation is 2. The van der Waals surface area contributed by atoms with E-state index in [1.54, 1.807) is 24.3 Å². The third kappa shape index (κ3) is 5.63. The van der Waals surface area contributed by atoms with Crippen molar-refractivity contribution in [2.45, 2.75) is 34.2 Å². The number of carbonyl (C=O) groups excluding carboxylic acids is 2. The van der Waals surface area contributed by atoms with E-state index in [1.807, 2.05) is 18.5 Å². The number of ether oxygens (including phenoxy) is 1. The summed E-state index contributed by atoms with van der Waals surface area (Å²) >= 11 is 0. The Hall–Kier alpha value is -3.87. The highest BCUT2D eigenvalue weighted by molar-refractivity contribution is 6.03. The lowest BCUT2D eigenvalue weighted by Gasteiger charge is -2.11. The van der Waals surface area contributed by atoms with E-state index in [1.165, 1.54) is 31.2 Å². The van der Waals surface area contributed by atoms with Crippen molar-refractivity contribution in [1.29, 1.82) is 0 Å². The summed E-state index contributed by atoms with van der Waals surface area (Å²) in [5.74, 6) is -0.00608. The quantitative estimate of drug-likeness (QED) is 0.539.